The quantitative estimate of drug-likeness (QED) is 0.615. The number of hydrogen-bond acceptors (Lipinski definition) is 2. The Bertz CT molecular complexity index is 342. The largest absolute Gasteiger partial charge is 0.288 e. The van der Waals surface area contributed by atoms with Crippen LogP contribution in [0.15, 0.2) is 11.4 Å². The summed E-state index contributed by atoms with van der Waals surface area (Å²) in [7, 11) is 0. The van der Waals surface area contributed by atoms with Crippen molar-refractivity contribution in [1.29, 1.82) is 0 Å². The lowest BCUT2D eigenvalue weighted by Crippen LogP contribution is -2.29. The Balaban J connectivity index is 2.03. The van der Waals surface area contributed by atoms with Gasteiger partial charge in [-0.25, -0.2) is 0 Å². The molecule has 2 rings (SSSR count). The van der Waals surface area contributed by atoms with E-state index in [-0.39, 0.29) is 0 Å². The Morgan fingerprint density at radius 3 is 3.38 bits per heavy atom. The van der Waals surface area contributed by atoms with Gasteiger partial charge < -0.3 is 0 Å². The van der Waals surface area contributed by atoms with E-state index in [1.165, 1.54) is 18.5 Å². The normalized spacial score (nSPS) is 16.1. The van der Waals surface area contributed by atoms with Gasteiger partial charge in [-0.1, -0.05) is 5.92 Å². The van der Waals surface area contributed by atoms with Crippen LogP contribution in [0.4, 0.5) is 0 Å². The topological polar surface area (TPSA) is 3.24 Å². The fraction of sp³-hybridized carbons (Fsp3) is 0.455. The molecule has 0 spiro atoms. The first kappa shape index (κ1) is 8.80. The molecule has 1 nitrogen and oxygen atoms in total. The highest BCUT2D eigenvalue weighted by molar-refractivity contribution is 7.10. The van der Waals surface area contributed by atoms with Gasteiger partial charge in [0.25, 0.3) is 0 Å². The zero-order valence-corrected chi connectivity index (χ0v) is 8.66. The maximum absolute atomic E-state index is 3.12. The Labute approximate surface area is 83.4 Å². The minimum Gasteiger partial charge on any atom is -0.288 e. The van der Waals surface area contributed by atoms with Crippen LogP contribution in [-0.4, -0.2) is 18.0 Å². The van der Waals surface area contributed by atoms with Gasteiger partial charge in [0.05, 0.1) is 6.54 Å². The molecule has 0 N–H and O–H groups in total. The van der Waals surface area contributed by atoms with Crippen molar-refractivity contribution < 1.29 is 0 Å². The van der Waals surface area contributed by atoms with Crippen LogP contribution >= 0.6 is 11.3 Å². The van der Waals surface area contributed by atoms with Crippen LogP contribution in [0.3, 0.4) is 0 Å². The van der Waals surface area contributed by atoms with Crippen molar-refractivity contribution in [1.82, 2.24) is 4.90 Å². The summed E-state index contributed by atoms with van der Waals surface area (Å²) in [4.78, 5) is 3.98. The van der Waals surface area contributed by atoms with Crippen molar-refractivity contribution in [3.8, 4) is 11.8 Å². The highest BCUT2D eigenvalue weighted by Crippen LogP contribution is 2.23. The van der Waals surface area contributed by atoms with Gasteiger partial charge in [-0.3, -0.25) is 4.90 Å². The maximum atomic E-state index is 3.12. The molecule has 0 atom stereocenters. The Kier molecular flexibility index (Phi) is 2.68. The van der Waals surface area contributed by atoms with E-state index in [4.69, 9.17) is 0 Å². The van der Waals surface area contributed by atoms with E-state index < -0.39 is 0 Å². The lowest BCUT2D eigenvalue weighted by atomic mass is 10.1. The second-order valence-electron chi connectivity index (χ2n) is 3.26. The molecule has 2 heteroatoms. The molecule has 1 aliphatic heterocycles. The Morgan fingerprint density at radius 1 is 1.62 bits per heavy atom. The highest BCUT2D eigenvalue weighted by atomic mass is 32.1. The van der Waals surface area contributed by atoms with Crippen molar-refractivity contribution in [3.05, 3.63) is 21.9 Å². The van der Waals surface area contributed by atoms with Crippen molar-refractivity contribution >= 4 is 11.3 Å². The van der Waals surface area contributed by atoms with Gasteiger partial charge in [0.15, 0.2) is 0 Å². The summed E-state index contributed by atoms with van der Waals surface area (Å²) in [5, 5.41) is 2.19. The molecule has 1 aromatic heterocycles. The highest BCUT2D eigenvalue weighted by Gasteiger charge is 2.15. The third kappa shape index (κ3) is 1.93. The fourth-order valence-electron chi connectivity index (χ4n) is 1.63. The summed E-state index contributed by atoms with van der Waals surface area (Å²) in [6.07, 6.45) is 1.21. The summed E-state index contributed by atoms with van der Waals surface area (Å²) in [6.45, 7) is 5.08. The van der Waals surface area contributed by atoms with Crippen molar-refractivity contribution in [2.24, 2.45) is 0 Å². The predicted octanol–water partition coefficient (Wildman–Crippen LogP) is 2.13. The molecule has 0 unspecified atom stereocenters. The van der Waals surface area contributed by atoms with Crippen molar-refractivity contribution in [2.45, 2.75) is 19.9 Å². The number of hydrogen-bond donors (Lipinski definition) is 0. The SMILES string of the molecule is CC#CCN1CCc2sccc2C1. The third-order valence-electron chi connectivity index (χ3n) is 2.37. The zero-order chi connectivity index (χ0) is 9.10. The number of thiophene rings is 1. The lowest BCUT2D eigenvalue weighted by molar-refractivity contribution is 0.288. The Morgan fingerprint density at radius 2 is 2.54 bits per heavy atom. The van der Waals surface area contributed by atoms with Crippen molar-refractivity contribution in [2.75, 3.05) is 13.1 Å². The van der Waals surface area contributed by atoms with Crippen LogP contribution in [0, 0.1) is 11.8 Å². The van der Waals surface area contributed by atoms with Gasteiger partial charge in [0, 0.05) is 18.0 Å². The van der Waals surface area contributed by atoms with Crippen molar-refractivity contribution in [3.63, 3.8) is 0 Å². The second kappa shape index (κ2) is 3.95. The second-order valence-corrected chi connectivity index (χ2v) is 4.26. The summed E-state index contributed by atoms with van der Waals surface area (Å²) in [5.74, 6) is 6.06. The molecule has 0 saturated heterocycles. The molecule has 0 aromatic carbocycles. The van der Waals surface area contributed by atoms with E-state index >= 15 is 0 Å². The molecule has 1 aliphatic rings. The minimum atomic E-state index is 0.922. The molecule has 0 aliphatic carbocycles. The van der Waals surface area contributed by atoms with Gasteiger partial charge in [-0.2, -0.15) is 0 Å². The van der Waals surface area contributed by atoms with Crippen LogP contribution in [0.1, 0.15) is 17.4 Å². The average Bonchev–Trinajstić information content (AvgIpc) is 2.61. The van der Waals surface area contributed by atoms with Crippen LogP contribution in [0.2, 0.25) is 0 Å². The molecule has 13 heavy (non-hydrogen) atoms. The number of rotatable bonds is 1. The standard InChI is InChI=1S/C11H13NS/c1-2-3-6-12-7-4-11-10(9-12)5-8-13-11/h5,8H,4,6-7,9H2,1H3. The molecule has 1 aromatic rings. The molecule has 0 radical (unpaired) electrons. The van der Waals surface area contributed by atoms with Crippen LogP contribution in [0.5, 0.6) is 0 Å². The van der Waals surface area contributed by atoms with E-state index in [9.17, 15) is 0 Å². The van der Waals surface area contributed by atoms with Crippen LogP contribution < -0.4 is 0 Å². The molecule has 0 fully saturated rings. The maximum Gasteiger partial charge on any atom is 0.0604 e. The zero-order valence-electron chi connectivity index (χ0n) is 7.84. The van der Waals surface area contributed by atoms with E-state index in [0.29, 0.717) is 0 Å². The van der Waals surface area contributed by atoms with Crippen LogP contribution in [-0.2, 0) is 13.0 Å². The minimum absolute atomic E-state index is 0.922. The molecular formula is C11H13NS. The Hall–Kier alpha value is -0.780. The first-order chi connectivity index (χ1) is 6.40. The molecule has 0 amide bonds. The average molecular weight is 191 g/mol. The van der Waals surface area contributed by atoms with Gasteiger partial charge in [-0.05, 0) is 30.4 Å². The molecular weight excluding hydrogens is 178 g/mol. The van der Waals surface area contributed by atoms with Gasteiger partial charge in [0.2, 0.25) is 0 Å². The molecule has 68 valence electrons. The lowest BCUT2D eigenvalue weighted by Gasteiger charge is -2.24. The number of nitrogens with zero attached hydrogens (tertiary/aromatic N) is 1. The van der Waals surface area contributed by atoms with Gasteiger partial charge in [-0.15, -0.1) is 17.3 Å². The predicted molar refractivity (Wildman–Crippen MR) is 56.8 cm³/mol. The smallest absolute Gasteiger partial charge is 0.0604 e. The van der Waals surface area contributed by atoms with E-state index in [0.717, 1.165) is 13.1 Å². The van der Waals surface area contributed by atoms with E-state index in [1.807, 2.05) is 18.3 Å². The summed E-state index contributed by atoms with van der Waals surface area (Å²) >= 11 is 1.89. The summed E-state index contributed by atoms with van der Waals surface area (Å²) in [5.41, 5.74) is 1.51. The molecule has 2 heterocycles. The third-order valence-corrected chi connectivity index (χ3v) is 3.39. The molecule has 0 bridgehead atoms. The fourth-order valence-corrected chi connectivity index (χ4v) is 2.52. The first-order valence-electron chi connectivity index (χ1n) is 4.57. The number of fused-ring (bicyclic) bond motifs is 1. The van der Waals surface area contributed by atoms with E-state index in [1.54, 1.807) is 4.88 Å². The van der Waals surface area contributed by atoms with Crippen LogP contribution in [0.25, 0.3) is 0 Å². The van der Waals surface area contributed by atoms with Gasteiger partial charge in [0.1, 0.15) is 0 Å². The monoisotopic (exact) mass is 191 g/mol. The molecule has 0 saturated carbocycles. The summed E-state index contributed by atoms with van der Waals surface area (Å²) in [6, 6.07) is 2.24. The van der Waals surface area contributed by atoms with Gasteiger partial charge >= 0.3 is 0 Å². The van der Waals surface area contributed by atoms with E-state index in [2.05, 4.69) is 28.2 Å². The summed E-state index contributed by atoms with van der Waals surface area (Å²) < 4.78 is 0. The first-order valence-corrected chi connectivity index (χ1v) is 5.45.